The summed E-state index contributed by atoms with van der Waals surface area (Å²) in [6.45, 7) is 8.22. The molecule has 1 heterocycles. The van der Waals surface area contributed by atoms with Gasteiger partial charge in [0.25, 0.3) is 0 Å². The lowest BCUT2D eigenvalue weighted by Crippen LogP contribution is -2.17. The van der Waals surface area contributed by atoms with E-state index in [9.17, 15) is 0 Å². The van der Waals surface area contributed by atoms with E-state index < -0.39 is 0 Å². The fraction of sp³-hybridized carbons (Fsp3) is 0.667. The summed E-state index contributed by atoms with van der Waals surface area (Å²) in [4.78, 5) is 4.39. The smallest absolute Gasteiger partial charge is 0.124 e. The summed E-state index contributed by atoms with van der Waals surface area (Å²) in [5.74, 6) is 1.09. The highest BCUT2D eigenvalue weighted by Crippen LogP contribution is 2.14. The quantitative estimate of drug-likeness (QED) is 0.883. The van der Waals surface area contributed by atoms with Gasteiger partial charge in [0.15, 0.2) is 0 Å². The predicted molar refractivity (Wildman–Crippen MR) is 57.7 cm³/mol. The molecule has 0 aliphatic heterocycles. The van der Waals surface area contributed by atoms with Crippen LogP contribution in [0.5, 0.6) is 0 Å². The van der Waals surface area contributed by atoms with Crippen LogP contribution in [0.15, 0.2) is 10.8 Å². The van der Waals surface area contributed by atoms with Gasteiger partial charge < -0.3 is 9.88 Å². The second kappa shape index (κ2) is 4.77. The highest BCUT2D eigenvalue weighted by atomic mass is 79.9. The van der Waals surface area contributed by atoms with E-state index in [4.69, 9.17) is 0 Å². The first-order valence-corrected chi connectivity index (χ1v) is 5.38. The molecule has 1 aromatic rings. The Balaban J connectivity index is 2.78. The third-order valence-electron chi connectivity index (χ3n) is 1.87. The van der Waals surface area contributed by atoms with Crippen molar-refractivity contribution in [2.75, 3.05) is 6.54 Å². The number of nitrogens with one attached hydrogen (secondary N) is 1. The van der Waals surface area contributed by atoms with Gasteiger partial charge in [0.2, 0.25) is 0 Å². The Morgan fingerprint density at radius 3 is 2.85 bits per heavy atom. The Morgan fingerprint density at radius 2 is 2.31 bits per heavy atom. The van der Waals surface area contributed by atoms with Crippen molar-refractivity contribution in [3.63, 3.8) is 0 Å². The summed E-state index contributed by atoms with van der Waals surface area (Å²) in [5, 5.41) is 3.27. The number of nitrogens with zero attached hydrogens (tertiary/aromatic N) is 2. The van der Waals surface area contributed by atoms with E-state index in [2.05, 4.69) is 51.6 Å². The summed E-state index contributed by atoms with van der Waals surface area (Å²) in [5.41, 5.74) is 0. The van der Waals surface area contributed by atoms with Crippen molar-refractivity contribution in [1.82, 2.24) is 14.9 Å². The van der Waals surface area contributed by atoms with Crippen LogP contribution in [0.25, 0.3) is 0 Å². The molecule has 4 heteroatoms. The van der Waals surface area contributed by atoms with Gasteiger partial charge in [-0.25, -0.2) is 4.98 Å². The summed E-state index contributed by atoms with van der Waals surface area (Å²) in [6, 6.07) is 0.465. The van der Waals surface area contributed by atoms with E-state index in [0.29, 0.717) is 6.04 Å². The molecule has 0 unspecified atom stereocenters. The molecule has 0 saturated heterocycles. The molecule has 0 aliphatic rings. The minimum absolute atomic E-state index is 0.465. The van der Waals surface area contributed by atoms with Crippen molar-refractivity contribution in [2.24, 2.45) is 0 Å². The number of halogens is 1. The van der Waals surface area contributed by atoms with Crippen molar-refractivity contribution < 1.29 is 0 Å². The third-order valence-corrected chi connectivity index (χ3v) is 2.25. The zero-order valence-electron chi connectivity index (χ0n) is 8.34. The fourth-order valence-corrected chi connectivity index (χ4v) is 1.64. The van der Waals surface area contributed by atoms with Crippen LogP contribution in [-0.2, 0) is 6.54 Å². The summed E-state index contributed by atoms with van der Waals surface area (Å²) in [6.07, 6.45) is 2.03. The minimum Gasteiger partial charge on any atom is -0.330 e. The van der Waals surface area contributed by atoms with Crippen LogP contribution in [-0.4, -0.2) is 16.1 Å². The number of hydrogen-bond donors (Lipinski definition) is 1. The maximum atomic E-state index is 4.39. The summed E-state index contributed by atoms with van der Waals surface area (Å²) < 4.78 is 3.08. The highest BCUT2D eigenvalue weighted by molar-refractivity contribution is 9.10. The second-order valence-electron chi connectivity index (χ2n) is 3.26. The van der Waals surface area contributed by atoms with Crippen LogP contribution < -0.4 is 5.32 Å². The molecule has 74 valence electrons. The lowest BCUT2D eigenvalue weighted by Gasteiger charge is -2.10. The van der Waals surface area contributed by atoms with Gasteiger partial charge >= 0.3 is 0 Å². The maximum absolute atomic E-state index is 4.39. The van der Waals surface area contributed by atoms with Gasteiger partial charge in [0.05, 0.1) is 6.54 Å². The maximum Gasteiger partial charge on any atom is 0.124 e. The van der Waals surface area contributed by atoms with Crippen LogP contribution in [0.2, 0.25) is 0 Å². The Kier molecular flexibility index (Phi) is 3.93. The van der Waals surface area contributed by atoms with Crippen molar-refractivity contribution in [3.8, 4) is 0 Å². The number of hydrogen-bond acceptors (Lipinski definition) is 2. The van der Waals surface area contributed by atoms with Crippen molar-refractivity contribution in [1.29, 1.82) is 0 Å². The Bertz CT molecular complexity index is 268. The van der Waals surface area contributed by atoms with Gasteiger partial charge in [-0.3, -0.25) is 0 Å². The zero-order chi connectivity index (χ0) is 9.84. The molecule has 3 nitrogen and oxygen atoms in total. The molecular formula is C9H16BrN3. The van der Waals surface area contributed by atoms with Crippen molar-refractivity contribution in [3.05, 3.63) is 16.6 Å². The van der Waals surface area contributed by atoms with Gasteiger partial charge in [-0.15, -0.1) is 0 Å². The minimum atomic E-state index is 0.465. The molecule has 0 radical (unpaired) electrons. The molecule has 0 amide bonds. The summed E-state index contributed by atoms with van der Waals surface area (Å²) in [7, 11) is 0. The van der Waals surface area contributed by atoms with Crippen LogP contribution in [0.1, 0.15) is 32.6 Å². The predicted octanol–water partition coefficient (Wildman–Crippen LogP) is 2.34. The van der Waals surface area contributed by atoms with Gasteiger partial charge in [0.1, 0.15) is 10.4 Å². The molecule has 1 rings (SSSR count). The standard InChI is InChI=1S/C9H16BrN3/c1-4-11-5-9-12-8(10)6-13(9)7(2)3/h6-7,11H,4-5H2,1-3H3. The average molecular weight is 246 g/mol. The molecule has 0 aliphatic carbocycles. The number of aromatic nitrogens is 2. The van der Waals surface area contributed by atoms with Crippen LogP contribution in [0, 0.1) is 0 Å². The van der Waals surface area contributed by atoms with E-state index in [1.807, 2.05) is 6.20 Å². The van der Waals surface area contributed by atoms with Gasteiger partial charge in [0, 0.05) is 12.2 Å². The van der Waals surface area contributed by atoms with Gasteiger partial charge in [-0.05, 0) is 36.3 Å². The number of imidazole rings is 1. The zero-order valence-corrected chi connectivity index (χ0v) is 9.93. The Labute approximate surface area is 87.7 Å². The van der Waals surface area contributed by atoms with Crippen LogP contribution >= 0.6 is 15.9 Å². The second-order valence-corrected chi connectivity index (χ2v) is 4.07. The van der Waals surface area contributed by atoms with E-state index >= 15 is 0 Å². The fourth-order valence-electron chi connectivity index (χ4n) is 1.21. The molecular weight excluding hydrogens is 230 g/mol. The molecule has 0 atom stereocenters. The van der Waals surface area contributed by atoms with Crippen LogP contribution in [0.4, 0.5) is 0 Å². The Morgan fingerprint density at radius 1 is 1.62 bits per heavy atom. The molecule has 0 bridgehead atoms. The average Bonchev–Trinajstić information content (AvgIpc) is 2.43. The van der Waals surface area contributed by atoms with Gasteiger partial charge in [-0.1, -0.05) is 6.92 Å². The van der Waals surface area contributed by atoms with E-state index in [1.54, 1.807) is 0 Å². The van der Waals surface area contributed by atoms with E-state index in [0.717, 1.165) is 23.5 Å². The number of rotatable bonds is 4. The molecule has 1 aromatic heterocycles. The first-order valence-electron chi connectivity index (χ1n) is 4.59. The molecule has 1 N–H and O–H groups in total. The molecule has 0 saturated carbocycles. The van der Waals surface area contributed by atoms with Crippen molar-refractivity contribution >= 4 is 15.9 Å². The highest BCUT2D eigenvalue weighted by Gasteiger charge is 2.07. The molecule has 0 spiro atoms. The van der Waals surface area contributed by atoms with Crippen molar-refractivity contribution in [2.45, 2.75) is 33.4 Å². The first kappa shape index (κ1) is 10.7. The molecule has 13 heavy (non-hydrogen) atoms. The topological polar surface area (TPSA) is 29.9 Å². The SMILES string of the molecule is CCNCc1nc(Br)cn1C(C)C. The molecule has 0 fully saturated rings. The Hall–Kier alpha value is -0.350. The van der Waals surface area contributed by atoms with E-state index in [-0.39, 0.29) is 0 Å². The monoisotopic (exact) mass is 245 g/mol. The third kappa shape index (κ3) is 2.81. The largest absolute Gasteiger partial charge is 0.330 e. The lowest BCUT2D eigenvalue weighted by molar-refractivity contribution is 0.547. The van der Waals surface area contributed by atoms with Gasteiger partial charge in [-0.2, -0.15) is 0 Å². The van der Waals surface area contributed by atoms with Crippen LogP contribution in [0.3, 0.4) is 0 Å². The lowest BCUT2D eigenvalue weighted by atomic mass is 10.4. The molecule has 0 aromatic carbocycles. The first-order chi connectivity index (χ1) is 6.15. The normalized spacial score (nSPS) is 11.2. The summed E-state index contributed by atoms with van der Waals surface area (Å²) >= 11 is 3.38. The van der Waals surface area contributed by atoms with E-state index in [1.165, 1.54) is 0 Å².